The van der Waals surface area contributed by atoms with Crippen molar-refractivity contribution in [2.75, 3.05) is 0 Å². The van der Waals surface area contributed by atoms with Gasteiger partial charge in [0.1, 0.15) is 5.52 Å². The first-order valence-corrected chi connectivity index (χ1v) is 10.3. The van der Waals surface area contributed by atoms with E-state index in [-0.39, 0.29) is 17.0 Å². The smallest absolute Gasteiger partial charge is 0.292 e. The van der Waals surface area contributed by atoms with Gasteiger partial charge in [0, 0.05) is 21.2 Å². The van der Waals surface area contributed by atoms with E-state index < -0.39 is 8.07 Å². The summed E-state index contributed by atoms with van der Waals surface area (Å²) >= 11 is 5.88. The number of imidazole rings is 1. The molecular formula is C12H17ClN4OSi. The van der Waals surface area contributed by atoms with Crippen LogP contribution in [0.2, 0.25) is 30.5 Å². The molecule has 1 unspecified atom stereocenters. The van der Waals surface area contributed by atoms with Crippen molar-refractivity contribution in [2.45, 2.75) is 37.6 Å². The van der Waals surface area contributed by atoms with Crippen molar-refractivity contribution in [1.82, 2.24) is 19.1 Å². The lowest BCUT2D eigenvalue weighted by Gasteiger charge is -2.15. The first-order valence-electron chi connectivity index (χ1n) is 6.48. The summed E-state index contributed by atoms with van der Waals surface area (Å²) in [6.45, 7) is 4.76. The predicted octanol–water partition coefficient (Wildman–Crippen LogP) is 2.44. The van der Waals surface area contributed by atoms with Crippen molar-refractivity contribution in [2.24, 2.45) is 7.05 Å². The summed E-state index contributed by atoms with van der Waals surface area (Å²) in [7, 11) is 0.614. The van der Waals surface area contributed by atoms with Crippen molar-refractivity contribution < 1.29 is 0 Å². The highest BCUT2D eigenvalue weighted by Crippen LogP contribution is 2.38. The Bertz CT molecular complexity index is 706. The third kappa shape index (κ3) is 2.03. The Labute approximate surface area is 117 Å². The molecule has 102 valence electrons. The molecule has 0 aromatic carbocycles. The Balaban J connectivity index is 2.21. The Kier molecular flexibility index (Phi) is 2.83. The van der Waals surface area contributed by atoms with E-state index in [2.05, 4.69) is 23.1 Å². The molecule has 1 aliphatic rings. The molecule has 19 heavy (non-hydrogen) atoms. The van der Waals surface area contributed by atoms with Crippen LogP contribution >= 0.6 is 11.6 Å². The van der Waals surface area contributed by atoms with E-state index >= 15 is 0 Å². The van der Waals surface area contributed by atoms with Gasteiger partial charge in [-0.2, -0.15) is 4.98 Å². The van der Waals surface area contributed by atoms with Crippen molar-refractivity contribution in [3.05, 3.63) is 22.0 Å². The summed E-state index contributed by atoms with van der Waals surface area (Å²) in [6.07, 6.45) is 2.69. The standard InChI is InChI=1S/C12H17ClN4OSi/c1-16-9-6-14-11(13)15-10(9)17(12(16)18)8-4-5-19(2,3)7-8/h6,8H,4-5,7H2,1-3H3. The summed E-state index contributed by atoms with van der Waals surface area (Å²) < 4.78 is 3.43. The fourth-order valence-corrected chi connectivity index (χ4v) is 6.17. The van der Waals surface area contributed by atoms with Gasteiger partial charge in [-0.1, -0.05) is 19.1 Å². The SMILES string of the molecule is Cn1c(=O)n(C2CC[Si](C)(C)C2)c2nc(Cl)ncc21. The summed E-state index contributed by atoms with van der Waals surface area (Å²) in [5, 5.41) is 0.196. The number of fused-ring (bicyclic) bond motifs is 1. The highest BCUT2D eigenvalue weighted by molar-refractivity contribution is 6.78. The normalized spacial score (nSPS) is 22.2. The zero-order valence-corrected chi connectivity index (χ0v) is 13.1. The Morgan fingerprint density at radius 1 is 1.47 bits per heavy atom. The van der Waals surface area contributed by atoms with Gasteiger partial charge in [0.05, 0.1) is 6.20 Å². The molecule has 0 aliphatic carbocycles. The van der Waals surface area contributed by atoms with Gasteiger partial charge in [0.25, 0.3) is 0 Å². The molecule has 1 atom stereocenters. The second kappa shape index (κ2) is 4.18. The molecular weight excluding hydrogens is 280 g/mol. The number of aromatic nitrogens is 4. The molecule has 0 N–H and O–H groups in total. The summed E-state index contributed by atoms with van der Waals surface area (Å²) in [5.74, 6) is 0. The molecule has 2 aromatic rings. The lowest BCUT2D eigenvalue weighted by molar-refractivity contribution is 0.537. The molecule has 7 heteroatoms. The summed E-state index contributed by atoms with van der Waals surface area (Å²) in [4.78, 5) is 20.7. The van der Waals surface area contributed by atoms with Crippen LogP contribution in [0.4, 0.5) is 0 Å². The van der Waals surface area contributed by atoms with E-state index in [0.717, 1.165) is 18.0 Å². The monoisotopic (exact) mass is 296 g/mol. The molecule has 5 nitrogen and oxygen atoms in total. The molecule has 2 aromatic heterocycles. The quantitative estimate of drug-likeness (QED) is 0.600. The highest BCUT2D eigenvalue weighted by atomic mass is 35.5. The van der Waals surface area contributed by atoms with Crippen LogP contribution < -0.4 is 5.69 Å². The minimum atomic E-state index is -1.15. The van der Waals surface area contributed by atoms with Crippen LogP contribution in [0.5, 0.6) is 0 Å². The molecule has 0 radical (unpaired) electrons. The number of rotatable bonds is 1. The third-order valence-electron chi connectivity index (χ3n) is 4.11. The summed E-state index contributed by atoms with van der Waals surface area (Å²) in [5.41, 5.74) is 1.41. The van der Waals surface area contributed by atoms with E-state index in [0.29, 0.717) is 5.65 Å². The van der Waals surface area contributed by atoms with Crippen LogP contribution in [0.3, 0.4) is 0 Å². The van der Waals surface area contributed by atoms with Gasteiger partial charge in [-0.05, 0) is 24.1 Å². The molecule has 0 spiro atoms. The Hall–Kier alpha value is -1.14. The van der Waals surface area contributed by atoms with E-state index in [1.54, 1.807) is 17.8 Å². The lowest BCUT2D eigenvalue weighted by atomic mass is 10.2. The zero-order valence-electron chi connectivity index (χ0n) is 11.4. The maximum absolute atomic E-state index is 12.4. The number of aryl methyl sites for hydroxylation is 1. The third-order valence-corrected chi connectivity index (χ3v) is 7.51. The lowest BCUT2D eigenvalue weighted by Crippen LogP contribution is -2.27. The van der Waals surface area contributed by atoms with Gasteiger partial charge in [0.2, 0.25) is 5.28 Å². The molecule has 3 heterocycles. The van der Waals surface area contributed by atoms with Crippen molar-refractivity contribution >= 4 is 30.8 Å². The first kappa shape index (κ1) is 12.9. The fourth-order valence-electron chi connectivity index (χ4n) is 3.06. The fraction of sp³-hybridized carbons (Fsp3) is 0.583. The maximum atomic E-state index is 12.4. The minimum Gasteiger partial charge on any atom is -0.292 e. The zero-order chi connectivity index (χ0) is 13.8. The molecule has 1 saturated heterocycles. The van der Waals surface area contributed by atoms with Gasteiger partial charge in [-0.25, -0.2) is 9.78 Å². The van der Waals surface area contributed by atoms with Gasteiger partial charge in [-0.15, -0.1) is 0 Å². The van der Waals surface area contributed by atoms with Crippen LogP contribution in [0.25, 0.3) is 11.2 Å². The highest BCUT2D eigenvalue weighted by Gasteiger charge is 2.35. The van der Waals surface area contributed by atoms with Gasteiger partial charge >= 0.3 is 5.69 Å². The minimum absolute atomic E-state index is 0.0109. The topological polar surface area (TPSA) is 52.7 Å². The van der Waals surface area contributed by atoms with Crippen molar-refractivity contribution in [3.8, 4) is 0 Å². The number of hydrogen-bond acceptors (Lipinski definition) is 3. The second-order valence-electron chi connectivity index (χ2n) is 6.12. The van der Waals surface area contributed by atoms with Crippen LogP contribution in [-0.2, 0) is 7.05 Å². The van der Waals surface area contributed by atoms with Crippen molar-refractivity contribution in [1.29, 1.82) is 0 Å². The van der Waals surface area contributed by atoms with E-state index in [9.17, 15) is 4.79 Å². The Morgan fingerprint density at radius 3 is 2.84 bits per heavy atom. The summed E-state index contributed by atoms with van der Waals surface area (Å²) in [6, 6.07) is 2.66. The van der Waals surface area contributed by atoms with Crippen LogP contribution in [0, 0.1) is 0 Å². The molecule has 1 fully saturated rings. The number of halogens is 1. The van der Waals surface area contributed by atoms with Crippen LogP contribution in [-0.4, -0.2) is 27.2 Å². The van der Waals surface area contributed by atoms with Gasteiger partial charge < -0.3 is 0 Å². The first-order chi connectivity index (χ1) is 8.89. The molecule has 1 aliphatic heterocycles. The van der Waals surface area contributed by atoms with E-state index in [1.165, 1.54) is 6.04 Å². The largest absolute Gasteiger partial charge is 0.330 e. The number of nitrogens with zero attached hydrogens (tertiary/aromatic N) is 4. The van der Waals surface area contributed by atoms with Crippen molar-refractivity contribution in [3.63, 3.8) is 0 Å². The predicted molar refractivity (Wildman–Crippen MR) is 78.5 cm³/mol. The molecule has 0 amide bonds. The molecule has 0 saturated carbocycles. The number of hydrogen-bond donors (Lipinski definition) is 0. The van der Waals surface area contributed by atoms with Crippen LogP contribution in [0.15, 0.2) is 11.0 Å². The molecule has 0 bridgehead atoms. The van der Waals surface area contributed by atoms with E-state index in [1.807, 2.05) is 4.57 Å². The maximum Gasteiger partial charge on any atom is 0.330 e. The average molecular weight is 297 g/mol. The van der Waals surface area contributed by atoms with E-state index in [4.69, 9.17) is 11.6 Å². The average Bonchev–Trinajstić information content (AvgIpc) is 2.79. The molecule has 3 rings (SSSR count). The van der Waals surface area contributed by atoms with Gasteiger partial charge in [0.15, 0.2) is 5.65 Å². The van der Waals surface area contributed by atoms with Crippen LogP contribution in [0.1, 0.15) is 12.5 Å². The van der Waals surface area contributed by atoms with Gasteiger partial charge in [-0.3, -0.25) is 9.13 Å². The Morgan fingerprint density at radius 2 is 2.21 bits per heavy atom. The second-order valence-corrected chi connectivity index (χ2v) is 11.7.